The van der Waals surface area contributed by atoms with Gasteiger partial charge in [0.1, 0.15) is 0 Å². The van der Waals surface area contributed by atoms with Crippen molar-refractivity contribution < 1.29 is 4.79 Å². The number of carbonyl (C=O) groups excluding carboxylic acids is 1. The van der Waals surface area contributed by atoms with Gasteiger partial charge in [-0.2, -0.15) is 0 Å². The fraction of sp³-hybridized carbons (Fsp3) is 0.500. The number of hydrogen-bond acceptors (Lipinski definition) is 3. The second-order valence-electron chi connectivity index (χ2n) is 4.82. The molecule has 0 unspecified atom stereocenters. The van der Waals surface area contributed by atoms with Crippen molar-refractivity contribution in [3.8, 4) is 0 Å². The predicted molar refractivity (Wildman–Crippen MR) is 78.4 cm³/mol. The molecule has 1 saturated heterocycles. The van der Waals surface area contributed by atoms with Gasteiger partial charge in [0.05, 0.1) is 0 Å². The summed E-state index contributed by atoms with van der Waals surface area (Å²) in [6.45, 7) is 5.46. The fourth-order valence-corrected chi connectivity index (χ4v) is 2.64. The lowest BCUT2D eigenvalue weighted by atomic mass is 10.1. The highest BCUT2D eigenvalue weighted by atomic mass is 35.5. The first kappa shape index (κ1) is 14.2. The lowest BCUT2D eigenvalue weighted by Crippen LogP contribution is -2.34. The molecule has 5 heteroatoms. The predicted octanol–water partition coefficient (Wildman–Crippen LogP) is 1.86. The number of nitrogens with two attached hydrogens (primary N) is 1. The van der Waals surface area contributed by atoms with Crippen molar-refractivity contribution in [3.05, 3.63) is 28.8 Å². The average Bonchev–Trinajstić information content (AvgIpc) is 2.64. The Labute approximate surface area is 119 Å². The Hall–Kier alpha value is -1.26. The molecule has 2 rings (SSSR count). The molecule has 0 saturated carbocycles. The van der Waals surface area contributed by atoms with Gasteiger partial charge in [-0.15, -0.1) is 0 Å². The molecule has 4 nitrogen and oxygen atoms in total. The zero-order valence-corrected chi connectivity index (χ0v) is 12.0. The number of benzene rings is 1. The highest BCUT2D eigenvalue weighted by Gasteiger charge is 2.18. The molecule has 0 radical (unpaired) electrons. The Bertz CT molecular complexity index is 464. The molecule has 1 aromatic carbocycles. The second-order valence-corrected chi connectivity index (χ2v) is 5.26. The van der Waals surface area contributed by atoms with Crippen molar-refractivity contribution >= 4 is 23.2 Å². The van der Waals surface area contributed by atoms with Crippen LogP contribution in [0.4, 0.5) is 5.69 Å². The molecule has 1 heterocycles. The maximum Gasteiger partial charge on any atom is 0.219 e. The molecule has 1 aliphatic heterocycles. The third kappa shape index (κ3) is 3.39. The molecule has 1 fully saturated rings. The molecule has 2 N–H and O–H groups in total. The van der Waals surface area contributed by atoms with Crippen LogP contribution >= 0.6 is 11.6 Å². The Kier molecular flexibility index (Phi) is 4.66. The van der Waals surface area contributed by atoms with Gasteiger partial charge in [-0.25, -0.2) is 0 Å². The maximum atomic E-state index is 11.4. The molecule has 1 aliphatic rings. The average molecular weight is 282 g/mol. The molecule has 1 amide bonds. The minimum atomic E-state index is 0.145. The molecule has 19 heavy (non-hydrogen) atoms. The van der Waals surface area contributed by atoms with Gasteiger partial charge in [-0.05, 0) is 24.1 Å². The van der Waals surface area contributed by atoms with Crippen LogP contribution in [0.3, 0.4) is 0 Å². The Morgan fingerprint density at radius 3 is 2.79 bits per heavy atom. The largest absolute Gasteiger partial charge is 0.369 e. The van der Waals surface area contributed by atoms with Gasteiger partial charge in [0.25, 0.3) is 0 Å². The number of amides is 1. The van der Waals surface area contributed by atoms with E-state index in [9.17, 15) is 4.79 Å². The van der Waals surface area contributed by atoms with Gasteiger partial charge >= 0.3 is 0 Å². The van der Waals surface area contributed by atoms with Gasteiger partial charge in [-0.1, -0.05) is 17.7 Å². The quantitative estimate of drug-likeness (QED) is 0.900. The Morgan fingerprint density at radius 2 is 2.11 bits per heavy atom. The summed E-state index contributed by atoms with van der Waals surface area (Å²) in [4.78, 5) is 15.6. The van der Waals surface area contributed by atoms with Crippen LogP contribution in [0.15, 0.2) is 18.2 Å². The van der Waals surface area contributed by atoms with Gasteiger partial charge in [0.15, 0.2) is 0 Å². The summed E-state index contributed by atoms with van der Waals surface area (Å²) >= 11 is 6.08. The van der Waals surface area contributed by atoms with Crippen molar-refractivity contribution in [2.45, 2.75) is 19.9 Å². The van der Waals surface area contributed by atoms with E-state index < -0.39 is 0 Å². The maximum absolute atomic E-state index is 11.4. The highest BCUT2D eigenvalue weighted by molar-refractivity contribution is 6.30. The monoisotopic (exact) mass is 281 g/mol. The fourth-order valence-electron chi connectivity index (χ4n) is 2.48. The van der Waals surface area contributed by atoms with Crippen molar-refractivity contribution in [2.75, 3.05) is 31.1 Å². The van der Waals surface area contributed by atoms with Gasteiger partial charge in [0, 0.05) is 50.4 Å². The van der Waals surface area contributed by atoms with E-state index >= 15 is 0 Å². The number of nitrogens with zero attached hydrogens (tertiary/aromatic N) is 2. The van der Waals surface area contributed by atoms with Crippen molar-refractivity contribution in [1.29, 1.82) is 0 Å². The molecular formula is C14H20ClN3O. The smallest absolute Gasteiger partial charge is 0.219 e. The highest BCUT2D eigenvalue weighted by Crippen LogP contribution is 2.25. The normalized spacial score (nSPS) is 16.4. The molecule has 1 aromatic rings. The summed E-state index contributed by atoms with van der Waals surface area (Å²) in [5, 5.41) is 0.722. The van der Waals surface area contributed by atoms with E-state index in [1.807, 2.05) is 23.1 Å². The standard InChI is InChI=1S/C14H20ClN3O/c1-11(19)17-5-2-6-18(8-7-17)14-9-13(15)4-3-12(14)10-16/h3-4,9H,2,5-8,10,16H2,1H3. The topological polar surface area (TPSA) is 49.6 Å². The Morgan fingerprint density at radius 1 is 1.32 bits per heavy atom. The third-order valence-corrected chi connectivity index (χ3v) is 3.78. The van der Waals surface area contributed by atoms with Crippen LogP contribution in [0.25, 0.3) is 0 Å². The summed E-state index contributed by atoms with van der Waals surface area (Å²) in [5.41, 5.74) is 7.98. The zero-order chi connectivity index (χ0) is 13.8. The van der Waals surface area contributed by atoms with Crippen LogP contribution in [0.2, 0.25) is 5.02 Å². The van der Waals surface area contributed by atoms with E-state index in [1.165, 1.54) is 0 Å². The summed E-state index contributed by atoms with van der Waals surface area (Å²) < 4.78 is 0. The number of carbonyl (C=O) groups is 1. The van der Waals surface area contributed by atoms with Gasteiger partial charge < -0.3 is 15.5 Å². The number of halogens is 1. The Balaban J connectivity index is 2.18. The first-order valence-electron chi connectivity index (χ1n) is 6.61. The lowest BCUT2D eigenvalue weighted by Gasteiger charge is -2.25. The summed E-state index contributed by atoms with van der Waals surface area (Å²) in [7, 11) is 0. The lowest BCUT2D eigenvalue weighted by molar-refractivity contribution is -0.128. The zero-order valence-electron chi connectivity index (χ0n) is 11.2. The second kappa shape index (κ2) is 6.26. The first-order valence-corrected chi connectivity index (χ1v) is 6.98. The van der Waals surface area contributed by atoms with Crippen molar-refractivity contribution in [3.63, 3.8) is 0 Å². The van der Waals surface area contributed by atoms with E-state index in [0.29, 0.717) is 6.54 Å². The number of anilines is 1. The van der Waals surface area contributed by atoms with Crippen molar-refractivity contribution in [2.24, 2.45) is 5.73 Å². The minimum Gasteiger partial charge on any atom is -0.369 e. The molecule has 0 spiro atoms. The minimum absolute atomic E-state index is 0.145. The summed E-state index contributed by atoms with van der Waals surface area (Å²) in [6, 6.07) is 5.81. The number of rotatable bonds is 2. The van der Waals surface area contributed by atoms with Gasteiger partial charge in [-0.3, -0.25) is 4.79 Å². The number of hydrogen-bond donors (Lipinski definition) is 1. The van der Waals surface area contributed by atoms with E-state index in [0.717, 1.165) is 48.9 Å². The van der Waals surface area contributed by atoms with Crippen LogP contribution < -0.4 is 10.6 Å². The molecule has 0 aromatic heterocycles. The molecule has 0 atom stereocenters. The van der Waals surface area contributed by atoms with Crippen molar-refractivity contribution in [1.82, 2.24) is 4.90 Å². The van der Waals surface area contributed by atoms with E-state index in [4.69, 9.17) is 17.3 Å². The molecule has 0 aliphatic carbocycles. The van der Waals surface area contributed by atoms with E-state index in [-0.39, 0.29) is 5.91 Å². The van der Waals surface area contributed by atoms with Crippen LogP contribution in [-0.2, 0) is 11.3 Å². The van der Waals surface area contributed by atoms with Crippen LogP contribution in [0.1, 0.15) is 18.9 Å². The first-order chi connectivity index (χ1) is 9.11. The summed E-state index contributed by atoms with van der Waals surface area (Å²) in [6.07, 6.45) is 0.968. The van der Waals surface area contributed by atoms with Gasteiger partial charge in [0.2, 0.25) is 5.91 Å². The molecular weight excluding hydrogens is 262 g/mol. The van der Waals surface area contributed by atoms with E-state index in [1.54, 1.807) is 6.92 Å². The van der Waals surface area contributed by atoms with Crippen LogP contribution in [0.5, 0.6) is 0 Å². The molecule has 104 valence electrons. The third-order valence-electron chi connectivity index (χ3n) is 3.55. The van der Waals surface area contributed by atoms with E-state index in [2.05, 4.69) is 4.90 Å². The molecule has 0 bridgehead atoms. The summed E-state index contributed by atoms with van der Waals surface area (Å²) in [5.74, 6) is 0.145. The van der Waals surface area contributed by atoms with Crippen LogP contribution in [0, 0.1) is 0 Å². The van der Waals surface area contributed by atoms with Crippen LogP contribution in [-0.4, -0.2) is 37.0 Å². The SMILES string of the molecule is CC(=O)N1CCCN(c2cc(Cl)ccc2CN)CC1.